The Labute approximate surface area is 230 Å². The number of methoxy groups -OCH3 is 2. The second-order valence-corrected chi connectivity index (χ2v) is 9.59. The summed E-state index contributed by atoms with van der Waals surface area (Å²) in [6.07, 6.45) is 3.06. The lowest BCUT2D eigenvalue weighted by Gasteiger charge is -2.25. The molecule has 2 aromatic carbocycles. The molecule has 39 heavy (non-hydrogen) atoms. The summed E-state index contributed by atoms with van der Waals surface area (Å²) in [4.78, 5) is 44.6. The number of halogens is 1. The number of ketones is 1. The lowest BCUT2D eigenvalue weighted by Crippen LogP contribution is -2.29. The van der Waals surface area contributed by atoms with Gasteiger partial charge in [0.15, 0.2) is 0 Å². The van der Waals surface area contributed by atoms with Gasteiger partial charge in [0.05, 0.1) is 48.6 Å². The normalized spacial score (nSPS) is 16.5. The van der Waals surface area contributed by atoms with Gasteiger partial charge >= 0.3 is 5.97 Å². The van der Waals surface area contributed by atoms with E-state index in [1.54, 1.807) is 30.5 Å². The summed E-state index contributed by atoms with van der Waals surface area (Å²) in [7, 11) is 2.80. The quantitative estimate of drug-likeness (QED) is 0.176. The summed E-state index contributed by atoms with van der Waals surface area (Å²) in [5, 5.41) is 11.7. The van der Waals surface area contributed by atoms with Crippen molar-refractivity contribution < 1.29 is 33.7 Å². The average molecular weight is 551 g/mol. The van der Waals surface area contributed by atoms with E-state index in [1.165, 1.54) is 49.6 Å². The monoisotopic (exact) mass is 550 g/mol. The Kier molecular flexibility index (Phi) is 8.21. The van der Waals surface area contributed by atoms with E-state index >= 15 is 0 Å². The Morgan fingerprint density at radius 2 is 1.77 bits per heavy atom. The number of ether oxygens (including phenoxy) is 3. The summed E-state index contributed by atoms with van der Waals surface area (Å²) in [6.45, 7) is 4.14. The first-order valence-corrected chi connectivity index (χ1v) is 12.5. The highest BCUT2D eigenvalue weighted by molar-refractivity contribution is 6.51. The van der Waals surface area contributed by atoms with Gasteiger partial charge in [-0.15, -0.1) is 0 Å². The fourth-order valence-corrected chi connectivity index (χ4v) is 4.46. The first-order valence-electron chi connectivity index (χ1n) is 12.1. The van der Waals surface area contributed by atoms with Crippen LogP contribution >= 0.6 is 11.6 Å². The van der Waals surface area contributed by atoms with E-state index in [4.69, 9.17) is 25.8 Å². The molecule has 2 heterocycles. The fraction of sp³-hybridized carbons (Fsp3) is 0.241. The molecule has 0 spiro atoms. The molecule has 1 amide bonds. The van der Waals surface area contributed by atoms with E-state index in [0.717, 1.165) is 0 Å². The van der Waals surface area contributed by atoms with Crippen molar-refractivity contribution in [2.24, 2.45) is 5.92 Å². The van der Waals surface area contributed by atoms with Crippen molar-refractivity contribution >= 4 is 40.7 Å². The van der Waals surface area contributed by atoms with Crippen molar-refractivity contribution in [3.63, 3.8) is 0 Å². The van der Waals surface area contributed by atoms with Crippen molar-refractivity contribution in [1.29, 1.82) is 0 Å². The number of rotatable bonds is 8. The number of benzene rings is 2. The van der Waals surface area contributed by atoms with E-state index in [0.29, 0.717) is 16.8 Å². The zero-order valence-corrected chi connectivity index (χ0v) is 22.6. The first-order chi connectivity index (χ1) is 18.7. The summed E-state index contributed by atoms with van der Waals surface area (Å²) in [5.74, 6) is -2.13. The van der Waals surface area contributed by atoms with Gasteiger partial charge in [-0.1, -0.05) is 31.5 Å². The van der Waals surface area contributed by atoms with Gasteiger partial charge in [0.1, 0.15) is 17.3 Å². The number of aromatic nitrogens is 1. The molecule has 1 N–H and O–H groups in total. The van der Waals surface area contributed by atoms with Crippen LogP contribution in [0.25, 0.3) is 5.76 Å². The minimum absolute atomic E-state index is 0.119. The standard InChI is InChI=1S/C29H27ClN2O7/c1-16(2)15-39-29(36)17-7-9-19(10-8-17)32-25(18-6-5-11-31-14-18)24(27(34)28(32)35)26(33)20-12-23(38-4)21(30)13-22(20)37-3/h5-14,16,25,33H,15H2,1-4H3/b26-24+. The second kappa shape index (κ2) is 11.6. The van der Waals surface area contributed by atoms with E-state index in [1.807, 2.05) is 13.8 Å². The van der Waals surface area contributed by atoms with Gasteiger partial charge in [0.25, 0.3) is 11.7 Å². The fourth-order valence-electron chi connectivity index (χ4n) is 4.23. The van der Waals surface area contributed by atoms with Gasteiger partial charge in [-0.3, -0.25) is 19.5 Å². The Morgan fingerprint density at radius 1 is 1.08 bits per heavy atom. The molecule has 1 unspecified atom stereocenters. The Balaban J connectivity index is 1.84. The molecule has 1 aromatic heterocycles. The lowest BCUT2D eigenvalue weighted by molar-refractivity contribution is -0.132. The summed E-state index contributed by atoms with van der Waals surface area (Å²) in [5.41, 5.74) is 1.07. The molecule has 1 fully saturated rings. The zero-order chi connectivity index (χ0) is 28.3. The van der Waals surface area contributed by atoms with E-state index in [2.05, 4.69) is 4.98 Å². The van der Waals surface area contributed by atoms with Crippen LogP contribution in [0.4, 0.5) is 5.69 Å². The smallest absolute Gasteiger partial charge is 0.338 e. The summed E-state index contributed by atoms with van der Waals surface area (Å²) >= 11 is 6.22. The highest BCUT2D eigenvalue weighted by atomic mass is 35.5. The highest BCUT2D eigenvalue weighted by Crippen LogP contribution is 2.44. The number of anilines is 1. The highest BCUT2D eigenvalue weighted by Gasteiger charge is 2.47. The molecule has 1 aliphatic heterocycles. The van der Waals surface area contributed by atoms with Gasteiger partial charge < -0.3 is 19.3 Å². The zero-order valence-electron chi connectivity index (χ0n) is 21.8. The SMILES string of the molecule is COc1cc(/C(O)=C2\C(=O)C(=O)N(c3ccc(C(=O)OCC(C)C)cc3)C2c2cccnc2)c(OC)cc1Cl. The average Bonchev–Trinajstić information content (AvgIpc) is 3.21. The maximum Gasteiger partial charge on any atom is 0.338 e. The van der Waals surface area contributed by atoms with Gasteiger partial charge in [0, 0.05) is 24.1 Å². The maximum atomic E-state index is 13.4. The van der Waals surface area contributed by atoms with Gasteiger partial charge in [-0.05, 0) is 47.9 Å². The van der Waals surface area contributed by atoms with Crippen molar-refractivity contribution in [2.75, 3.05) is 25.7 Å². The second-order valence-electron chi connectivity index (χ2n) is 9.18. The molecule has 3 aromatic rings. The molecule has 1 saturated heterocycles. The van der Waals surface area contributed by atoms with E-state index in [9.17, 15) is 19.5 Å². The molecule has 202 valence electrons. The number of pyridine rings is 1. The van der Waals surface area contributed by atoms with Crippen molar-refractivity contribution in [3.8, 4) is 11.5 Å². The van der Waals surface area contributed by atoms with E-state index < -0.39 is 29.5 Å². The number of carbonyl (C=O) groups excluding carboxylic acids is 3. The van der Waals surface area contributed by atoms with Crippen LogP contribution in [0, 0.1) is 5.92 Å². The van der Waals surface area contributed by atoms with Crippen molar-refractivity contribution in [2.45, 2.75) is 19.9 Å². The van der Waals surface area contributed by atoms with Crippen LogP contribution in [-0.4, -0.2) is 48.6 Å². The van der Waals surface area contributed by atoms with Crippen LogP contribution in [-0.2, 0) is 14.3 Å². The molecule has 1 atom stereocenters. The van der Waals surface area contributed by atoms with Crippen LogP contribution in [0.2, 0.25) is 5.02 Å². The number of carbonyl (C=O) groups is 3. The molecular formula is C29H27ClN2O7. The molecule has 0 bridgehead atoms. The molecule has 10 heteroatoms. The molecule has 9 nitrogen and oxygen atoms in total. The van der Waals surface area contributed by atoms with Crippen LogP contribution in [0.5, 0.6) is 11.5 Å². The Hall–Kier alpha value is -4.37. The van der Waals surface area contributed by atoms with Crippen LogP contribution in [0.15, 0.2) is 66.5 Å². The number of aliphatic hydroxyl groups excluding tert-OH is 1. The Morgan fingerprint density at radius 3 is 2.36 bits per heavy atom. The van der Waals surface area contributed by atoms with Crippen molar-refractivity contribution in [1.82, 2.24) is 4.98 Å². The third kappa shape index (κ3) is 5.44. The maximum absolute atomic E-state index is 13.4. The number of Topliss-reactive ketones (excluding diaryl/α,β-unsaturated/α-hetero) is 1. The minimum Gasteiger partial charge on any atom is -0.507 e. The molecule has 1 aliphatic rings. The predicted octanol–water partition coefficient (Wildman–Crippen LogP) is 5.19. The molecule has 4 rings (SSSR count). The molecule has 0 aliphatic carbocycles. The Bertz CT molecular complexity index is 1440. The number of hydrogen-bond acceptors (Lipinski definition) is 8. The number of amides is 1. The molecular weight excluding hydrogens is 524 g/mol. The van der Waals surface area contributed by atoms with Gasteiger partial charge in [0.2, 0.25) is 0 Å². The molecule has 0 saturated carbocycles. The number of esters is 1. The van der Waals surface area contributed by atoms with E-state index in [-0.39, 0.29) is 40.2 Å². The lowest BCUT2D eigenvalue weighted by atomic mass is 9.95. The number of nitrogens with zero attached hydrogens (tertiary/aromatic N) is 2. The topological polar surface area (TPSA) is 115 Å². The molecule has 0 radical (unpaired) electrons. The number of hydrogen-bond donors (Lipinski definition) is 1. The van der Waals surface area contributed by atoms with Crippen molar-refractivity contribution in [3.05, 3.63) is 88.2 Å². The predicted molar refractivity (Wildman–Crippen MR) is 145 cm³/mol. The summed E-state index contributed by atoms with van der Waals surface area (Å²) in [6, 6.07) is 11.3. The van der Waals surface area contributed by atoms with Crippen LogP contribution < -0.4 is 14.4 Å². The van der Waals surface area contributed by atoms with Gasteiger partial charge in [-0.2, -0.15) is 0 Å². The van der Waals surface area contributed by atoms with Gasteiger partial charge in [-0.25, -0.2) is 4.79 Å². The van der Waals surface area contributed by atoms with Crippen LogP contribution in [0.3, 0.4) is 0 Å². The largest absolute Gasteiger partial charge is 0.507 e. The third-order valence-electron chi connectivity index (χ3n) is 6.10. The summed E-state index contributed by atoms with van der Waals surface area (Å²) < 4.78 is 15.9. The third-order valence-corrected chi connectivity index (χ3v) is 6.40. The minimum atomic E-state index is -1.02. The van der Waals surface area contributed by atoms with Crippen LogP contribution in [0.1, 0.15) is 41.4 Å². The first kappa shape index (κ1) is 27.7. The number of aliphatic hydroxyl groups is 1.